The Morgan fingerprint density at radius 3 is 2.34 bits per heavy atom. The SMILES string of the molecule is CC(C)NS(=O)(=O)c1ccc(NC(=O)c2cc(-c3cccs3)nn2-c2ccccc2)cc1. The summed E-state index contributed by atoms with van der Waals surface area (Å²) in [6.45, 7) is 3.51. The molecule has 0 radical (unpaired) electrons. The zero-order valence-corrected chi connectivity index (χ0v) is 19.2. The van der Waals surface area contributed by atoms with Crippen molar-refractivity contribution in [3.8, 4) is 16.3 Å². The van der Waals surface area contributed by atoms with Crippen molar-refractivity contribution in [1.82, 2.24) is 14.5 Å². The molecule has 2 aromatic carbocycles. The number of aromatic nitrogens is 2. The lowest BCUT2D eigenvalue weighted by atomic mass is 10.2. The van der Waals surface area contributed by atoms with E-state index in [1.165, 1.54) is 12.1 Å². The maximum atomic E-state index is 13.1. The maximum absolute atomic E-state index is 13.1. The summed E-state index contributed by atoms with van der Waals surface area (Å²) in [5.74, 6) is -0.347. The van der Waals surface area contributed by atoms with Crippen molar-refractivity contribution >= 4 is 33.0 Å². The Labute approximate surface area is 190 Å². The fourth-order valence-electron chi connectivity index (χ4n) is 3.14. The molecule has 0 aliphatic carbocycles. The number of sulfonamides is 1. The van der Waals surface area contributed by atoms with Gasteiger partial charge in [0.15, 0.2) is 0 Å². The van der Waals surface area contributed by atoms with Gasteiger partial charge in [-0.15, -0.1) is 11.3 Å². The number of carbonyl (C=O) groups excluding carboxylic acids is 1. The van der Waals surface area contributed by atoms with E-state index in [2.05, 4.69) is 15.1 Å². The van der Waals surface area contributed by atoms with Gasteiger partial charge < -0.3 is 5.32 Å². The predicted octanol–water partition coefficient (Wildman–Crippen LogP) is 4.54. The minimum Gasteiger partial charge on any atom is -0.321 e. The first-order chi connectivity index (χ1) is 15.3. The van der Waals surface area contributed by atoms with Crippen LogP contribution in [0.4, 0.5) is 5.69 Å². The van der Waals surface area contributed by atoms with Gasteiger partial charge in [0.2, 0.25) is 10.0 Å². The number of para-hydroxylation sites is 1. The number of benzene rings is 2. The largest absolute Gasteiger partial charge is 0.321 e. The van der Waals surface area contributed by atoms with Gasteiger partial charge in [-0.3, -0.25) is 4.79 Å². The van der Waals surface area contributed by atoms with Gasteiger partial charge in [0, 0.05) is 11.7 Å². The molecule has 0 atom stereocenters. The highest BCUT2D eigenvalue weighted by atomic mass is 32.2. The Morgan fingerprint density at radius 1 is 1.00 bits per heavy atom. The summed E-state index contributed by atoms with van der Waals surface area (Å²) in [4.78, 5) is 14.2. The van der Waals surface area contributed by atoms with Crippen LogP contribution in [0, 0.1) is 0 Å². The first kappa shape index (κ1) is 21.9. The minimum absolute atomic E-state index is 0.138. The lowest BCUT2D eigenvalue weighted by molar-refractivity contribution is 0.101. The second-order valence-electron chi connectivity index (χ2n) is 7.39. The average Bonchev–Trinajstić information content (AvgIpc) is 3.44. The normalized spacial score (nSPS) is 11.6. The number of nitrogens with zero attached hydrogens (tertiary/aromatic N) is 2. The number of thiophene rings is 1. The molecule has 0 spiro atoms. The van der Waals surface area contributed by atoms with Crippen molar-refractivity contribution in [2.75, 3.05) is 5.32 Å². The molecule has 2 N–H and O–H groups in total. The minimum atomic E-state index is -3.60. The van der Waals surface area contributed by atoms with Crippen LogP contribution in [0.15, 0.2) is 83.1 Å². The Kier molecular flexibility index (Phi) is 6.22. The van der Waals surface area contributed by atoms with E-state index in [4.69, 9.17) is 0 Å². The number of carbonyl (C=O) groups is 1. The van der Waals surface area contributed by atoms with Crippen LogP contribution < -0.4 is 10.0 Å². The monoisotopic (exact) mass is 466 g/mol. The lowest BCUT2D eigenvalue weighted by Gasteiger charge is -2.11. The van der Waals surface area contributed by atoms with Crippen LogP contribution >= 0.6 is 11.3 Å². The highest BCUT2D eigenvalue weighted by Crippen LogP contribution is 2.26. The zero-order chi connectivity index (χ0) is 22.7. The molecule has 9 heteroatoms. The Balaban J connectivity index is 1.62. The van der Waals surface area contributed by atoms with Crippen LogP contribution in [-0.4, -0.2) is 30.1 Å². The van der Waals surface area contributed by atoms with Crippen LogP contribution in [0.2, 0.25) is 0 Å². The van der Waals surface area contributed by atoms with Crippen molar-refractivity contribution in [1.29, 1.82) is 0 Å². The second kappa shape index (κ2) is 9.07. The molecule has 0 saturated carbocycles. The highest BCUT2D eigenvalue weighted by Gasteiger charge is 2.19. The van der Waals surface area contributed by atoms with Crippen LogP contribution in [0.3, 0.4) is 0 Å². The first-order valence-corrected chi connectivity index (χ1v) is 12.3. The van der Waals surface area contributed by atoms with Gasteiger partial charge in [-0.05, 0) is 67.8 Å². The number of anilines is 1. The van der Waals surface area contributed by atoms with E-state index in [1.807, 2.05) is 47.8 Å². The summed E-state index contributed by atoms with van der Waals surface area (Å²) in [5.41, 5.74) is 2.33. The van der Waals surface area contributed by atoms with Crippen molar-refractivity contribution in [2.45, 2.75) is 24.8 Å². The summed E-state index contributed by atoms with van der Waals surface area (Å²) < 4.78 is 28.8. The highest BCUT2D eigenvalue weighted by molar-refractivity contribution is 7.89. The third kappa shape index (κ3) is 4.80. The molecule has 2 aromatic heterocycles. The second-order valence-corrected chi connectivity index (χ2v) is 10.1. The Morgan fingerprint density at radius 2 is 1.72 bits per heavy atom. The summed E-state index contributed by atoms with van der Waals surface area (Å²) >= 11 is 1.55. The lowest BCUT2D eigenvalue weighted by Crippen LogP contribution is -2.30. The summed E-state index contributed by atoms with van der Waals surface area (Å²) in [5, 5.41) is 9.43. The molecule has 0 fully saturated rings. The fraction of sp³-hybridized carbons (Fsp3) is 0.130. The van der Waals surface area contributed by atoms with E-state index in [0.717, 1.165) is 10.6 Å². The average molecular weight is 467 g/mol. The molecule has 4 rings (SSSR count). The van der Waals surface area contributed by atoms with E-state index in [9.17, 15) is 13.2 Å². The molecule has 1 amide bonds. The fourth-order valence-corrected chi connectivity index (χ4v) is 5.08. The number of hydrogen-bond acceptors (Lipinski definition) is 5. The van der Waals surface area contributed by atoms with Crippen molar-refractivity contribution in [3.63, 3.8) is 0 Å². The third-order valence-corrected chi connectivity index (χ3v) is 7.10. The quantitative estimate of drug-likeness (QED) is 0.418. The van der Waals surface area contributed by atoms with Gasteiger partial charge in [0.05, 0.1) is 15.5 Å². The summed E-state index contributed by atoms with van der Waals surface area (Å²) in [7, 11) is -3.60. The maximum Gasteiger partial charge on any atom is 0.274 e. The van der Waals surface area contributed by atoms with Crippen molar-refractivity contribution in [2.24, 2.45) is 0 Å². The molecule has 0 unspecified atom stereocenters. The van der Waals surface area contributed by atoms with Crippen molar-refractivity contribution < 1.29 is 13.2 Å². The molecule has 0 saturated heterocycles. The van der Waals surface area contributed by atoms with Crippen molar-refractivity contribution in [3.05, 3.63) is 83.9 Å². The van der Waals surface area contributed by atoms with E-state index in [0.29, 0.717) is 17.1 Å². The van der Waals surface area contributed by atoms with Crippen LogP contribution in [-0.2, 0) is 10.0 Å². The molecule has 0 aliphatic rings. The molecular weight excluding hydrogens is 444 g/mol. The van der Waals surface area contributed by atoms with Crippen LogP contribution in [0.25, 0.3) is 16.3 Å². The molecule has 164 valence electrons. The molecule has 0 aliphatic heterocycles. The van der Waals surface area contributed by atoms with E-state index >= 15 is 0 Å². The van der Waals surface area contributed by atoms with E-state index in [-0.39, 0.29) is 16.8 Å². The molecule has 32 heavy (non-hydrogen) atoms. The van der Waals surface area contributed by atoms with Gasteiger partial charge in [-0.1, -0.05) is 24.3 Å². The summed E-state index contributed by atoms with van der Waals surface area (Å²) in [6.07, 6.45) is 0. The smallest absolute Gasteiger partial charge is 0.274 e. The number of hydrogen-bond donors (Lipinski definition) is 2. The van der Waals surface area contributed by atoms with E-state index in [1.54, 1.807) is 48.1 Å². The number of amides is 1. The molecular formula is C23H22N4O3S2. The van der Waals surface area contributed by atoms with E-state index < -0.39 is 10.0 Å². The first-order valence-electron chi connectivity index (χ1n) is 9.96. The topological polar surface area (TPSA) is 93.1 Å². The standard InChI is InChI=1S/C23H22N4O3S2/c1-16(2)26-32(29,30)19-12-10-17(11-13-19)24-23(28)21-15-20(22-9-6-14-31-22)25-27(21)18-7-4-3-5-8-18/h3-16,26H,1-2H3,(H,24,28). The zero-order valence-electron chi connectivity index (χ0n) is 17.5. The predicted molar refractivity (Wildman–Crippen MR) is 127 cm³/mol. The Bertz CT molecular complexity index is 1310. The third-order valence-electron chi connectivity index (χ3n) is 4.53. The van der Waals surface area contributed by atoms with Gasteiger partial charge in [-0.2, -0.15) is 5.10 Å². The van der Waals surface area contributed by atoms with Gasteiger partial charge in [0.1, 0.15) is 11.4 Å². The molecule has 2 heterocycles. The number of rotatable bonds is 7. The Hall–Kier alpha value is -3.27. The van der Waals surface area contributed by atoms with Crippen LogP contribution in [0.1, 0.15) is 24.3 Å². The summed E-state index contributed by atoms with van der Waals surface area (Å²) in [6, 6.07) is 20.9. The molecule has 7 nitrogen and oxygen atoms in total. The van der Waals surface area contributed by atoms with Gasteiger partial charge in [-0.25, -0.2) is 17.8 Å². The van der Waals surface area contributed by atoms with Gasteiger partial charge >= 0.3 is 0 Å². The van der Waals surface area contributed by atoms with Crippen LogP contribution in [0.5, 0.6) is 0 Å². The molecule has 4 aromatic rings. The molecule has 0 bridgehead atoms. The number of nitrogens with one attached hydrogen (secondary N) is 2. The van der Waals surface area contributed by atoms with Gasteiger partial charge in [0.25, 0.3) is 5.91 Å².